The molecule has 106 valence electrons. The number of benzene rings is 2. The molecule has 0 amide bonds. The Balaban J connectivity index is 2.40. The summed E-state index contributed by atoms with van der Waals surface area (Å²) in [5, 5.41) is 1.64. The fourth-order valence-corrected chi connectivity index (χ4v) is 2.62. The smallest absolute Gasteiger partial charge is 0.139 e. The first-order chi connectivity index (χ1) is 9.52. The fourth-order valence-electron chi connectivity index (χ4n) is 1.93. The highest BCUT2D eigenvalue weighted by Gasteiger charge is 2.16. The largest absolute Gasteiger partial charge is 0.492 e. The lowest BCUT2D eigenvalue weighted by atomic mass is 9.99. The minimum atomic E-state index is -0.394. The van der Waals surface area contributed by atoms with Gasteiger partial charge in [0.1, 0.15) is 5.75 Å². The van der Waals surface area contributed by atoms with Gasteiger partial charge in [-0.05, 0) is 36.2 Å². The van der Waals surface area contributed by atoms with E-state index in [1.54, 1.807) is 18.2 Å². The second-order valence-electron chi connectivity index (χ2n) is 4.27. The summed E-state index contributed by atoms with van der Waals surface area (Å²) in [4.78, 5) is 0. The molecule has 2 aromatic rings. The van der Waals surface area contributed by atoms with Crippen LogP contribution in [0, 0.1) is 0 Å². The molecule has 0 saturated carbocycles. The standard InChI is InChI=1S/C15H14Cl3NO/c1-2-20-14-8-12(17)11(7-13(14)18)15(19)9-4-3-5-10(16)6-9/h3-8,15H,2,19H2,1H3. The summed E-state index contributed by atoms with van der Waals surface area (Å²) in [6.07, 6.45) is 0. The van der Waals surface area contributed by atoms with Gasteiger partial charge >= 0.3 is 0 Å². The fraction of sp³-hybridized carbons (Fsp3) is 0.200. The molecule has 1 atom stereocenters. The predicted molar refractivity (Wildman–Crippen MR) is 85.1 cm³/mol. The minimum absolute atomic E-state index is 0.394. The van der Waals surface area contributed by atoms with E-state index in [1.165, 1.54) is 0 Å². The van der Waals surface area contributed by atoms with E-state index in [-0.39, 0.29) is 0 Å². The summed E-state index contributed by atoms with van der Waals surface area (Å²) in [6.45, 7) is 2.41. The number of halogens is 3. The van der Waals surface area contributed by atoms with Crippen LogP contribution < -0.4 is 10.5 Å². The van der Waals surface area contributed by atoms with Crippen molar-refractivity contribution in [2.45, 2.75) is 13.0 Å². The van der Waals surface area contributed by atoms with Gasteiger partial charge in [-0.1, -0.05) is 46.9 Å². The summed E-state index contributed by atoms with van der Waals surface area (Å²) in [7, 11) is 0. The summed E-state index contributed by atoms with van der Waals surface area (Å²) in [5.41, 5.74) is 7.85. The Hall–Kier alpha value is -0.930. The van der Waals surface area contributed by atoms with Gasteiger partial charge in [0.2, 0.25) is 0 Å². The Morgan fingerprint density at radius 3 is 2.50 bits per heavy atom. The molecule has 0 aliphatic carbocycles. The molecular formula is C15H14Cl3NO. The second-order valence-corrected chi connectivity index (χ2v) is 5.52. The molecule has 0 spiro atoms. The molecule has 0 bridgehead atoms. The lowest BCUT2D eigenvalue weighted by Gasteiger charge is -2.16. The Bertz CT molecular complexity index is 616. The van der Waals surface area contributed by atoms with Crippen molar-refractivity contribution in [1.82, 2.24) is 0 Å². The SMILES string of the molecule is CCOc1cc(Cl)c(C(N)c2cccc(Cl)c2)cc1Cl. The number of hydrogen-bond acceptors (Lipinski definition) is 2. The summed E-state index contributed by atoms with van der Waals surface area (Å²) >= 11 is 18.4. The molecule has 2 aromatic carbocycles. The monoisotopic (exact) mass is 329 g/mol. The van der Waals surface area contributed by atoms with Crippen molar-refractivity contribution in [3.63, 3.8) is 0 Å². The van der Waals surface area contributed by atoms with E-state index < -0.39 is 6.04 Å². The third kappa shape index (κ3) is 3.39. The van der Waals surface area contributed by atoms with Gasteiger partial charge in [-0.3, -0.25) is 0 Å². The summed E-state index contributed by atoms with van der Waals surface area (Å²) in [6, 6.07) is 10.4. The predicted octanol–water partition coefficient (Wildman–Crippen LogP) is 5.09. The molecule has 2 nitrogen and oxygen atoms in total. The average molecular weight is 331 g/mol. The highest BCUT2D eigenvalue weighted by molar-refractivity contribution is 6.34. The Labute approximate surface area is 133 Å². The van der Waals surface area contributed by atoms with Crippen molar-refractivity contribution in [1.29, 1.82) is 0 Å². The number of nitrogens with two attached hydrogens (primary N) is 1. The molecule has 0 radical (unpaired) electrons. The quantitative estimate of drug-likeness (QED) is 0.847. The zero-order valence-electron chi connectivity index (χ0n) is 10.9. The number of ether oxygens (including phenoxy) is 1. The van der Waals surface area contributed by atoms with E-state index in [1.807, 2.05) is 25.1 Å². The molecule has 1 unspecified atom stereocenters. The van der Waals surface area contributed by atoms with Crippen LogP contribution in [-0.2, 0) is 0 Å². The van der Waals surface area contributed by atoms with Crippen LogP contribution in [-0.4, -0.2) is 6.61 Å². The van der Waals surface area contributed by atoms with Gasteiger partial charge in [0.25, 0.3) is 0 Å². The van der Waals surface area contributed by atoms with Crippen molar-refractivity contribution >= 4 is 34.8 Å². The van der Waals surface area contributed by atoms with Crippen LogP contribution in [0.1, 0.15) is 24.1 Å². The lowest BCUT2D eigenvalue weighted by Crippen LogP contribution is -2.12. The van der Waals surface area contributed by atoms with Gasteiger partial charge in [-0.2, -0.15) is 0 Å². The molecule has 2 N–H and O–H groups in total. The summed E-state index contributed by atoms with van der Waals surface area (Å²) < 4.78 is 5.40. The van der Waals surface area contributed by atoms with Crippen LogP contribution in [0.25, 0.3) is 0 Å². The zero-order valence-corrected chi connectivity index (χ0v) is 13.1. The van der Waals surface area contributed by atoms with Gasteiger partial charge in [0, 0.05) is 16.1 Å². The Morgan fingerprint density at radius 1 is 1.10 bits per heavy atom. The Morgan fingerprint density at radius 2 is 1.85 bits per heavy atom. The van der Waals surface area contributed by atoms with Crippen molar-refractivity contribution in [2.75, 3.05) is 6.61 Å². The van der Waals surface area contributed by atoms with Crippen molar-refractivity contribution in [2.24, 2.45) is 5.73 Å². The summed E-state index contributed by atoms with van der Waals surface area (Å²) in [5.74, 6) is 0.557. The van der Waals surface area contributed by atoms with E-state index >= 15 is 0 Å². The molecule has 0 heterocycles. The zero-order chi connectivity index (χ0) is 14.7. The molecule has 5 heteroatoms. The van der Waals surface area contributed by atoms with E-state index in [2.05, 4.69) is 0 Å². The molecule has 20 heavy (non-hydrogen) atoms. The first-order valence-electron chi connectivity index (χ1n) is 6.15. The maximum atomic E-state index is 6.27. The maximum absolute atomic E-state index is 6.27. The van der Waals surface area contributed by atoms with Gasteiger partial charge in [-0.15, -0.1) is 0 Å². The van der Waals surface area contributed by atoms with Crippen LogP contribution in [0.2, 0.25) is 15.1 Å². The van der Waals surface area contributed by atoms with E-state index in [4.69, 9.17) is 45.3 Å². The van der Waals surface area contributed by atoms with Gasteiger partial charge in [-0.25, -0.2) is 0 Å². The minimum Gasteiger partial charge on any atom is -0.492 e. The van der Waals surface area contributed by atoms with Gasteiger partial charge in [0.05, 0.1) is 17.7 Å². The maximum Gasteiger partial charge on any atom is 0.139 e. The molecule has 0 saturated heterocycles. The highest BCUT2D eigenvalue weighted by atomic mass is 35.5. The van der Waals surface area contributed by atoms with Crippen molar-refractivity contribution in [3.8, 4) is 5.75 Å². The van der Waals surface area contributed by atoms with Crippen LogP contribution in [0.15, 0.2) is 36.4 Å². The topological polar surface area (TPSA) is 35.2 Å². The molecule has 0 aliphatic rings. The van der Waals surface area contributed by atoms with E-state index in [0.717, 1.165) is 11.1 Å². The average Bonchev–Trinajstić information content (AvgIpc) is 2.42. The third-order valence-electron chi connectivity index (χ3n) is 2.89. The number of hydrogen-bond donors (Lipinski definition) is 1. The molecule has 0 aromatic heterocycles. The van der Waals surface area contributed by atoms with Crippen LogP contribution in [0.5, 0.6) is 5.75 Å². The van der Waals surface area contributed by atoms with Crippen LogP contribution in [0.4, 0.5) is 0 Å². The lowest BCUT2D eigenvalue weighted by molar-refractivity contribution is 0.340. The second kappa shape index (κ2) is 6.68. The Kier molecular flexibility index (Phi) is 5.17. The van der Waals surface area contributed by atoms with Crippen molar-refractivity contribution < 1.29 is 4.74 Å². The van der Waals surface area contributed by atoms with E-state index in [9.17, 15) is 0 Å². The van der Waals surface area contributed by atoms with Crippen LogP contribution >= 0.6 is 34.8 Å². The van der Waals surface area contributed by atoms with E-state index in [0.29, 0.717) is 27.4 Å². The molecule has 0 fully saturated rings. The number of rotatable bonds is 4. The normalized spacial score (nSPS) is 12.2. The highest BCUT2D eigenvalue weighted by Crippen LogP contribution is 2.35. The third-order valence-corrected chi connectivity index (χ3v) is 3.75. The van der Waals surface area contributed by atoms with Gasteiger partial charge in [0.15, 0.2) is 0 Å². The van der Waals surface area contributed by atoms with Crippen molar-refractivity contribution in [3.05, 3.63) is 62.6 Å². The molecule has 0 aliphatic heterocycles. The van der Waals surface area contributed by atoms with Crippen LogP contribution in [0.3, 0.4) is 0 Å². The first-order valence-corrected chi connectivity index (χ1v) is 7.29. The molecular weight excluding hydrogens is 317 g/mol. The first kappa shape index (κ1) is 15.5. The van der Waals surface area contributed by atoms with Gasteiger partial charge < -0.3 is 10.5 Å². The molecule has 2 rings (SSSR count).